The number of aliphatic carboxylic acids is 1. The molecule has 0 aliphatic heterocycles. The molecule has 0 aromatic heterocycles. The molecule has 0 aliphatic rings. The van der Waals surface area contributed by atoms with Gasteiger partial charge in [0.1, 0.15) is 12.2 Å². The van der Waals surface area contributed by atoms with Crippen LogP contribution in [0.4, 0.5) is 0 Å². The van der Waals surface area contributed by atoms with E-state index in [-0.39, 0.29) is 12.5 Å². The van der Waals surface area contributed by atoms with Crippen LogP contribution in [-0.2, 0) is 14.6 Å². The van der Waals surface area contributed by atoms with Gasteiger partial charge in [0, 0.05) is 6.42 Å². The third-order valence-electron chi connectivity index (χ3n) is 3.66. The quantitative estimate of drug-likeness (QED) is 0.151. The Labute approximate surface area is 156 Å². The van der Waals surface area contributed by atoms with Crippen molar-refractivity contribution in [1.29, 1.82) is 0 Å². The fourth-order valence-electron chi connectivity index (χ4n) is 2.19. The molecule has 0 unspecified atom stereocenters. The molecule has 0 aromatic carbocycles. The number of allylic oxidation sites excluding steroid dienone is 6. The first-order chi connectivity index (χ1) is 12.6. The van der Waals surface area contributed by atoms with E-state index in [1.165, 1.54) is 0 Å². The second-order valence-electron chi connectivity index (χ2n) is 5.93. The molecule has 0 amide bonds. The third-order valence-corrected chi connectivity index (χ3v) is 3.66. The van der Waals surface area contributed by atoms with Crippen LogP contribution in [0.15, 0.2) is 48.6 Å². The fraction of sp³-hybridized carbons (Fsp3) is 0.550. The van der Waals surface area contributed by atoms with E-state index < -0.39 is 12.1 Å². The van der Waals surface area contributed by atoms with Gasteiger partial charge in [0.15, 0.2) is 0 Å². The molecule has 0 heterocycles. The van der Waals surface area contributed by atoms with Crippen molar-refractivity contribution >= 4 is 5.97 Å². The van der Waals surface area contributed by atoms with Crippen molar-refractivity contribution in [3.63, 3.8) is 0 Å². The number of carbonyl (C=O) groups is 1. The normalized spacial score (nSPS) is 14.9. The van der Waals surface area contributed by atoms with Crippen LogP contribution in [0.5, 0.6) is 0 Å². The van der Waals surface area contributed by atoms with Gasteiger partial charge >= 0.3 is 5.97 Å². The second-order valence-corrected chi connectivity index (χ2v) is 5.93. The molecule has 3 N–H and O–H groups in total. The van der Waals surface area contributed by atoms with E-state index in [1.807, 2.05) is 36.5 Å². The van der Waals surface area contributed by atoms with Crippen LogP contribution in [0.2, 0.25) is 0 Å². The molecule has 0 fully saturated rings. The van der Waals surface area contributed by atoms with Gasteiger partial charge in [-0.15, -0.1) is 0 Å². The Morgan fingerprint density at radius 2 is 1.42 bits per heavy atom. The van der Waals surface area contributed by atoms with Crippen molar-refractivity contribution in [3.8, 4) is 0 Å². The summed E-state index contributed by atoms with van der Waals surface area (Å²) in [6.45, 7) is 2.13. The Bertz CT molecular complexity index is 453. The molecule has 6 nitrogen and oxygen atoms in total. The molecular formula is C20H32O6. The summed E-state index contributed by atoms with van der Waals surface area (Å²) < 4.78 is 0. The zero-order chi connectivity index (χ0) is 19.5. The number of hydrogen-bond acceptors (Lipinski definition) is 5. The van der Waals surface area contributed by atoms with E-state index >= 15 is 0 Å². The molecule has 0 rings (SSSR count). The van der Waals surface area contributed by atoms with E-state index in [1.54, 1.807) is 12.2 Å². The van der Waals surface area contributed by atoms with Gasteiger partial charge in [0.2, 0.25) is 0 Å². The standard InChI is InChI=1S/C20H32O6/c1-2-3-9-13-18(25-23)14-10-7-5-4-6-8-11-15-19(26-24)16-12-17-20(21)22/h5-8,10-11,14-15,18-19,23-24H,2-4,9,12-13,16-17H2,1H3,(H,21,22)/b7-5-,8-6+,14-10-,15-11+/t18-,19+/m0/s1. The molecule has 0 aromatic rings. The Morgan fingerprint density at radius 3 is 1.88 bits per heavy atom. The van der Waals surface area contributed by atoms with Gasteiger partial charge in [-0.3, -0.25) is 15.3 Å². The van der Waals surface area contributed by atoms with Crippen LogP contribution >= 0.6 is 0 Å². The molecule has 26 heavy (non-hydrogen) atoms. The Kier molecular flexibility index (Phi) is 16.9. The van der Waals surface area contributed by atoms with Gasteiger partial charge in [-0.25, -0.2) is 9.78 Å². The van der Waals surface area contributed by atoms with Crippen molar-refractivity contribution < 1.29 is 30.2 Å². The summed E-state index contributed by atoms with van der Waals surface area (Å²) in [6, 6.07) is 0. The highest BCUT2D eigenvalue weighted by atomic mass is 17.1. The molecule has 0 aliphatic carbocycles. The van der Waals surface area contributed by atoms with Crippen LogP contribution in [0, 0.1) is 0 Å². The third kappa shape index (κ3) is 15.8. The van der Waals surface area contributed by atoms with Crippen LogP contribution in [0.25, 0.3) is 0 Å². The van der Waals surface area contributed by atoms with Gasteiger partial charge in [-0.05, 0) is 25.7 Å². The van der Waals surface area contributed by atoms with Crippen LogP contribution in [-0.4, -0.2) is 33.8 Å². The van der Waals surface area contributed by atoms with Crippen LogP contribution in [0.3, 0.4) is 0 Å². The summed E-state index contributed by atoms with van der Waals surface area (Å²) in [6.07, 6.45) is 19.8. The van der Waals surface area contributed by atoms with Crippen molar-refractivity contribution in [2.75, 3.05) is 0 Å². The fourth-order valence-corrected chi connectivity index (χ4v) is 2.19. The van der Waals surface area contributed by atoms with Gasteiger partial charge in [0.05, 0.1) is 0 Å². The van der Waals surface area contributed by atoms with Gasteiger partial charge < -0.3 is 5.11 Å². The molecule has 2 atom stereocenters. The predicted octanol–water partition coefficient (Wildman–Crippen LogP) is 5.15. The van der Waals surface area contributed by atoms with Crippen molar-refractivity contribution in [1.82, 2.24) is 0 Å². The molecule has 0 spiro atoms. The largest absolute Gasteiger partial charge is 0.481 e. The number of hydrogen-bond donors (Lipinski definition) is 3. The molecule has 0 saturated carbocycles. The van der Waals surface area contributed by atoms with E-state index in [9.17, 15) is 4.79 Å². The number of rotatable bonds is 16. The van der Waals surface area contributed by atoms with E-state index in [0.717, 1.165) is 32.1 Å². The minimum absolute atomic E-state index is 0.0582. The summed E-state index contributed by atoms with van der Waals surface area (Å²) >= 11 is 0. The highest BCUT2D eigenvalue weighted by Crippen LogP contribution is 2.07. The van der Waals surface area contributed by atoms with E-state index in [0.29, 0.717) is 12.8 Å². The topological polar surface area (TPSA) is 96.2 Å². The monoisotopic (exact) mass is 368 g/mol. The van der Waals surface area contributed by atoms with Crippen LogP contribution in [0.1, 0.15) is 58.3 Å². The number of carboxylic acids is 1. The minimum atomic E-state index is -0.857. The Balaban J connectivity index is 3.99. The van der Waals surface area contributed by atoms with Crippen molar-refractivity contribution in [3.05, 3.63) is 48.6 Å². The number of carboxylic acid groups (broad SMARTS) is 1. The summed E-state index contributed by atoms with van der Waals surface area (Å²) in [4.78, 5) is 19.1. The zero-order valence-corrected chi connectivity index (χ0v) is 15.5. The Hall–Kier alpha value is -1.73. The molecule has 6 heteroatoms. The molecular weight excluding hydrogens is 336 g/mol. The summed E-state index contributed by atoms with van der Waals surface area (Å²) in [7, 11) is 0. The molecule has 0 saturated heterocycles. The van der Waals surface area contributed by atoms with E-state index in [4.69, 9.17) is 15.6 Å². The Morgan fingerprint density at radius 1 is 0.885 bits per heavy atom. The zero-order valence-electron chi connectivity index (χ0n) is 15.5. The lowest BCUT2D eigenvalue weighted by atomic mass is 10.1. The van der Waals surface area contributed by atoms with E-state index in [2.05, 4.69) is 16.7 Å². The first-order valence-corrected chi connectivity index (χ1v) is 9.12. The molecule has 0 radical (unpaired) electrons. The summed E-state index contributed by atoms with van der Waals surface area (Å²) in [5, 5.41) is 26.1. The SMILES string of the molecule is CCCCC[C@@H](/C=C\C=C/C/C=C/C=C/[C@H](CCCC(=O)O)OO)OO. The minimum Gasteiger partial charge on any atom is -0.481 e. The number of unbranched alkanes of at least 4 members (excludes halogenated alkanes) is 2. The highest BCUT2D eigenvalue weighted by Gasteiger charge is 2.05. The maximum Gasteiger partial charge on any atom is 0.303 e. The lowest BCUT2D eigenvalue weighted by Crippen LogP contribution is -2.08. The van der Waals surface area contributed by atoms with Crippen LogP contribution < -0.4 is 0 Å². The first-order valence-electron chi connectivity index (χ1n) is 9.12. The lowest BCUT2D eigenvalue weighted by Gasteiger charge is -2.07. The van der Waals surface area contributed by atoms with Gasteiger partial charge in [0.25, 0.3) is 0 Å². The summed E-state index contributed by atoms with van der Waals surface area (Å²) in [5.74, 6) is -0.857. The highest BCUT2D eigenvalue weighted by molar-refractivity contribution is 5.66. The average molecular weight is 368 g/mol. The van der Waals surface area contributed by atoms with Crippen molar-refractivity contribution in [2.24, 2.45) is 0 Å². The first kappa shape index (κ1) is 24.3. The summed E-state index contributed by atoms with van der Waals surface area (Å²) in [5.41, 5.74) is 0. The molecule has 0 bridgehead atoms. The second kappa shape index (κ2) is 18.1. The predicted molar refractivity (Wildman–Crippen MR) is 102 cm³/mol. The maximum absolute atomic E-state index is 10.4. The smallest absolute Gasteiger partial charge is 0.303 e. The molecule has 148 valence electrons. The lowest BCUT2D eigenvalue weighted by molar-refractivity contribution is -0.267. The van der Waals surface area contributed by atoms with Gasteiger partial charge in [-0.2, -0.15) is 0 Å². The van der Waals surface area contributed by atoms with Gasteiger partial charge in [-0.1, -0.05) is 74.8 Å². The maximum atomic E-state index is 10.4. The average Bonchev–Trinajstić information content (AvgIpc) is 2.63. The van der Waals surface area contributed by atoms with Crippen molar-refractivity contribution in [2.45, 2.75) is 70.5 Å².